The molecule has 0 saturated carbocycles. The van der Waals surface area contributed by atoms with Gasteiger partial charge in [0.2, 0.25) is 0 Å². The maximum atomic E-state index is 6.19. The standard InChI is InChI=1S/C12H18Cl2N2/c1-8(2)9(3)16(4)12-11(14)5-10(6-13)7-15-12/h5,7-9H,6H2,1-4H3. The Labute approximate surface area is 108 Å². The monoisotopic (exact) mass is 260 g/mol. The van der Waals surface area contributed by atoms with Crippen molar-refractivity contribution in [3.05, 3.63) is 22.8 Å². The zero-order chi connectivity index (χ0) is 12.3. The highest BCUT2D eigenvalue weighted by Gasteiger charge is 2.17. The minimum atomic E-state index is 0.395. The van der Waals surface area contributed by atoms with Crippen LogP contribution in [0.3, 0.4) is 0 Å². The van der Waals surface area contributed by atoms with Gasteiger partial charge in [0.15, 0.2) is 0 Å². The van der Waals surface area contributed by atoms with Crippen LogP contribution in [0.4, 0.5) is 5.82 Å². The molecule has 0 aromatic carbocycles. The van der Waals surface area contributed by atoms with Crippen LogP contribution in [-0.2, 0) is 5.88 Å². The molecule has 2 nitrogen and oxygen atoms in total. The van der Waals surface area contributed by atoms with Gasteiger partial charge in [0.1, 0.15) is 5.82 Å². The van der Waals surface area contributed by atoms with Crippen molar-refractivity contribution in [3.63, 3.8) is 0 Å². The molecule has 1 rings (SSSR count). The molecule has 0 aliphatic carbocycles. The number of rotatable bonds is 4. The zero-order valence-electron chi connectivity index (χ0n) is 10.2. The highest BCUT2D eigenvalue weighted by molar-refractivity contribution is 6.33. The highest BCUT2D eigenvalue weighted by Crippen LogP contribution is 2.26. The minimum absolute atomic E-state index is 0.395. The second-order valence-electron chi connectivity index (χ2n) is 4.38. The number of aromatic nitrogens is 1. The average molecular weight is 261 g/mol. The summed E-state index contributed by atoms with van der Waals surface area (Å²) in [5.74, 6) is 1.81. The summed E-state index contributed by atoms with van der Waals surface area (Å²) in [6.45, 7) is 6.53. The van der Waals surface area contributed by atoms with E-state index >= 15 is 0 Å². The van der Waals surface area contributed by atoms with E-state index in [2.05, 4.69) is 30.7 Å². The number of anilines is 1. The van der Waals surface area contributed by atoms with Gasteiger partial charge in [-0.25, -0.2) is 4.98 Å². The van der Waals surface area contributed by atoms with Crippen LogP contribution < -0.4 is 4.90 Å². The molecule has 16 heavy (non-hydrogen) atoms. The van der Waals surface area contributed by atoms with Crippen molar-refractivity contribution in [2.45, 2.75) is 32.7 Å². The van der Waals surface area contributed by atoms with Crippen molar-refractivity contribution < 1.29 is 0 Å². The van der Waals surface area contributed by atoms with Crippen LogP contribution >= 0.6 is 23.2 Å². The highest BCUT2D eigenvalue weighted by atomic mass is 35.5. The predicted octanol–water partition coefficient (Wildman–Crippen LogP) is 3.95. The van der Waals surface area contributed by atoms with Crippen molar-refractivity contribution in [2.24, 2.45) is 5.92 Å². The number of nitrogens with zero attached hydrogens (tertiary/aromatic N) is 2. The summed E-state index contributed by atoms with van der Waals surface area (Å²) in [5, 5.41) is 0.660. The van der Waals surface area contributed by atoms with E-state index in [4.69, 9.17) is 23.2 Å². The Morgan fingerprint density at radius 1 is 1.38 bits per heavy atom. The topological polar surface area (TPSA) is 16.1 Å². The van der Waals surface area contributed by atoms with Gasteiger partial charge in [-0.05, 0) is 24.5 Å². The first-order valence-corrected chi connectivity index (χ1v) is 6.31. The molecule has 0 spiro atoms. The molecule has 0 saturated heterocycles. The van der Waals surface area contributed by atoms with Gasteiger partial charge < -0.3 is 4.90 Å². The maximum Gasteiger partial charge on any atom is 0.147 e. The molecular formula is C12H18Cl2N2. The summed E-state index contributed by atoms with van der Waals surface area (Å²) < 4.78 is 0. The van der Waals surface area contributed by atoms with Crippen molar-refractivity contribution in [1.29, 1.82) is 0 Å². The number of pyridine rings is 1. The molecule has 90 valence electrons. The first-order valence-electron chi connectivity index (χ1n) is 5.40. The Morgan fingerprint density at radius 3 is 2.44 bits per heavy atom. The third kappa shape index (κ3) is 3.02. The van der Waals surface area contributed by atoms with Gasteiger partial charge in [0, 0.05) is 25.2 Å². The molecule has 1 aromatic rings. The Bertz CT molecular complexity index is 353. The predicted molar refractivity (Wildman–Crippen MR) is 71.5 cm³/mol. The molecule has 0 amide bonds. The minimum Gasteiger partial charge on any atom is -0.355 e. The zero-order valence-corrected chi connectivity index (χ0v) is 11.7. The van der Waals surface area contributed by atoms with Crippen LogP contribution in [0, 0.1) is 5.92 Å². The van der Waals surface area contributed by atoms with E-state index in [1.54, 1.807) is 6.20 Å². The third-order valence-electron chi connectivity index (χ3n) is 2.94. The molecule has 1 heterocycles. The fourth-order valence-electron chi connectivity index (χ4n) is 1.44. The van der Waals surface area contributed by atoms with Gasteiger partial charge in [-0.2, -0.15) is 0 Å². The van der Waals surface area contributed by atoms with Gasteiger partial charge >= 0.3 is 0 Å². The third-order valence-corrected chi connectivity index (χ3v) is 3.53. The van der Waals surface area contributed by atoms with Crippen LogP contribution in [-0.4, -0.2) is 18.1 Å². The van der Waals surface area contributed by atoms with Gasteiger partial charge in [-0.3, -0.25) is 0 Å². The average Bonchev–Trinajstić information content (AvgIpc) is 2.26. The number of hydrogen-bond donors (Lipinski definition) is 0. The van der Waals surface area contributed by atoms with Gasteiger partial charge in [-0.1, -0.05) is 25.4 Å². The second-order valence-corrected chi connectivity index (χ2v) is 5.05. The Kier molecular flexibility index (Phi) is 4.88. The molecule has 0 bridgehead atoms. The molecule has 1 unspecified atom stereocenters. The molecule has 4 heteroatoms. The number of alkyl halides is 1. The smallest absolute Gasteiger partial charge is 0.147 e. The lowest BCUT2D eigenvalue weighted by Gasteiger charge is -2.29. The number of hydrogen-bond acceptors (Lipinski definition) is 2. The normalized spacial score (nSPS) is 12.9. The molecule has 0 aliphatic rings. The molecule has 0 aliphatic heterocycles. The molecule has 0 radical (unpaired) electrons. The fourth-order valence-corrected chi connectivity index (χ4v) is 1.91. The molecule has 0 N–H and O–H groups in total. The first kappa shape index (κ1) is 13.6. The summed E-state index contributed by atoms with van der Waals surface area (Å²) in [4.78, 5) is 6.46. The maximum absolute atomic E-state index is 6.19. The van der Waals surface area contributed by atoms with E-state index in [-0.39, 0.29) is 0 Å². The lowest BCUT2D eigenvalue weighted by atomic mass is 10.1. The molecule has 0 fully saturated rings. The van der Waals surface area contributed by atoms with Crippen LogP contribution in [0.5, 0.6) is 0 Å². The summed E-state index contributed by atoms with van der Waals surface area (Å²) in [6.07, 6.45) is 1.78. The van der Waals surface area contributed by atoms with E-state index in [9.17, 15) is 0 Å². The van der Waals surface area contributed by atoms with Gasteiger partial charge in [0.25, 0.3) is 0 Å². The van der Waals surface area contributed by atoms with Crippen molar-refractivity contribution in [2.75, 3.05) is 11.9 Å². The summed E-state index contributed by atoms with van der Waals surface area (Å²) >= 11 is 11.9. The lowest BCUT2D eigenvalue weighted by molar-refractivity contribution is 0.503. The summed E-state index contributed by atoms with van der Waals surface area (Å²) in [6, 6.07) is 2.27. The first-order chi connectivity index (χ1) is 7.47. The molecule has 1 atom stereocenters. The van der Waals surface area contributed by atoms with Crippen molar-refractivity contribution >= 4 is 29.0 Å². The Balaban J connectivity index is 2.96. The molecule has 1 aromatic heterocycles. The Morgan fingerprint density at radius 2 is 2.00 bits per heavy atom. The van der Waals surface area contributed by atoms with Crippen molar-refractivity contribution in [3.8, 4) is 0 Å². The summed E-state index contributed by atoms with van der Waals surface area (Å²) in [5.41, 5.74) is 0.945. The van der Waals surface area contributed by atoms with Crippen LogP contribution in [0.25, 0.3) is 0 Å². The van der Waals surface area contributed by atoms with Crippen LogP contribution in [0.2, 0.25) is 5.02 Å². The van der Waals surface area contributed by atoms with Gasteiger partial charge in [0.05, 0.1) is 5.02 Å². The largest absolute Gasteiger partial charge is 0.355 e. The van der Waals surface area contributed by atoms with E-state index < -0.39 is 0 Å². The van der Waals surface area contributed by atoms with Crippen LogP contribution in [0.15, 0.2) is 12.3 Å². The lowest BCUT2D eigenvalue weighted by Crippen LogP contribution is -2.33. The summed E-state index contributed by atoms with van der Waals surface area (Å²) in [7, 11) is 2.01. The number of halogens is 2. The molecular weight excluding hydrogens is 243 g/mol. The van der Waals surface area contributed by atoms with E-state index in [1.807, 2.05) is 13.1 Å². The van der Waals surface area contributed by atoms with E-state index in [1.165, 1.54) is 0 Å². The van der Waals surface area contributed by atoms with Crippen molar-refractivity contribution in [1.82, 2.24) is 4.98 Å². The fraction of sp³-hybridized carbons (Fsp3) is 0.583. The SMILES string of the molecule is CC(C)C(C)N(C)c1ncc(CCl)cc1Cl. The van der Waals surface area contributed by atoms with E-state index in [0.717, 1.165) is 11.4 Å². The van der Waals surface area contributed by atoms with Crippen LogP contribution in [0.1, 0.15) is 26.3 Å². The quantitative estimate of drug-likeness (QED) is 0.763. The Hall–Kier alpha value is -0.470. The van der Waals surface area contributed by atoms with E-state index in [0.29, 0.717) is 22.9 Å². The second kappa shape index (κ2) is 5.74. The van der Waals surface area contributed by atoms with Gasteiger partial charge in [-0.15, -0.1) is 11.6 Å².